The van der Waals surface area contributed by atoms with Crippen molar-refractivity contribution in [2.24, 2.45) is 10.8 Å². The number of carboxylic acid groups (broad SMARTS) is 2. The largest absolute Gasteiger partial charge is 0.481 e. The average molecular weight is 240 g/mol. The van der Waals surface area contributed by atoms with Crippen LogP contribution in [0, 0.1) is 10.8 Å². The molecule has 0 radical (unpaired) electrons. The van der Waals surface area contributed by atoms with E-state index in [1.165, 1.54) is 0 Å². The standard InChI is InChI=1S/C13H20O4/c1-3-7-13(11(16)17)9-6-5-8-12(13,4-2)10(14)15/h5-6H,3-4,7-9H2,1-2H3,(H,14,15)(H,16,17)/t12-,13-/m0/s1. The van der Waals surface area contributed by atoms with E-state index in [-0.39, 0.29) is 0 Å². The SMILES string of the molecule is CCC[C@@]1(C(=O)O)CC=CC[C@@]1(CC)C(=O)O. The van der Waals surface area contributed by atoms with Crippen molar-refractivity contribution in [2.45, 2.75) is 46.0 Å². The maximum Gasteiger partial charge on any atom is 0.311 e. The van der Waals surface area contributed by atoms with Gasteiger partial charge in [0.2, 0.25) is 0 Å². The summed E-state index contributed by atoms with van der Waals surface area (Å²) in [6.07, 6.45) is 5.66. The van der Waals surface area contributed by atoms with E-state index in [0.717, 1.165) is 0 Å². The fourth-order valence-electron chi connectivity index (χ4n) is 3.05. The lowest BCUT2D eigenvalue weighted by molar-refractivity contribution is -0.176. The third-order valence-electron chi connectivity index (χ3n) is 4.11. The molecule has 0 spiro atoms. The molecule has 0 amide bonds. The number of hydrogen-bond donors (Lipinski definition) is 2. The summed E-state index contributed by atoms with van der Waals surface area (Å²) in [6.45, 7) is 3.66. The summed E-state index contributed by atoms with van der Waals surface area (Å²) in [5, 5.41) is 19.0. The zero-order chi connectivity index (χ0) is 13.1. The minimum Gasteiger partial charge on any atom is -0.481 e. The number of hydrogen-bond acceptors (Lipinski definition) is 2. The van der Waals surface area contributed by atoms with Crippen molar-refractivity contribution in [3.05, 3.63) is 12.2 Å². The summed E-state index contributed by atoms with van der Waals surface area (Å²) < 4.78 is 0. The van der Waals surface area contributed by atoms with Gasteiger partial charge in [-0.25, -0.2) is 0 Å². The van der Waals surface area contributed by atoms with Gasteiger partial charge in [-0.1, -0.05) is 32.4 Å². The lowest BCUT2D eigenvalue weighted by atomic mass is 9.54. The first-order valence-corrected chi connectivity index (χ1v) is 6.08. The van der Waals surface area contributed by atoms with Gasteiger partial charge in [0, 0.05) is 0 Å². The average Bonchev–Trinajstić information content (AvgIpc) is 2.29. The monoisotopic (exact) mass is 240 g/mol. The number of carbonyl (C=O) groups is 2. The van der Waals surface area contributed by atoms with E-state index in [1.807, 2.05) is 6.92 Å². The molecule has 0 aromatic heterocycles. The summed E-state index contributed by atoms with van der Waals surface area (Å²) in [4.78, 5) is 23.3. The Balaban J connectivity index is 3.35. The molecule has 1 rings (SSSR count). The summed E-state index contributed by atoms with van der Waals surface area (Å²) in [6, 6.07) is 0. The lowest BCUT2D eigenvalue weighted by Gasteiger charge is -2.46. The Hall–Kier alpha value is -1.32. The predicted octanol–water partition coefficient (Wildman–Crippen LogP) is 2.69. The highest BCUT2D eigenvalue weighted by atomic mass is 16.4. The zero-order valence-corrected chi connectivity index (χ0v) is 10.4. The Morgan fingerprint density at radius 1 is 1.06 bits per heavy atom. The molecule has 0 unspecified atom stereocenters. The van der Waals surface area contributed by atoms with E-state index in [2.05, 4.69) is 0 Å². The minimum absolute atomic E-state index is 0.311. The molecule has 1 aliphatic carbocycles. The van der Waals surface area contributed by atoms with Gasteiger partial charge < -0.3 is 10.2 Å². The van der Waals surface area contributed by atoms with Gasteiger partial charge >= 0.3 is 11.9 Å². The van der Waals surface area contributed by atoms with Crippen LogP contribution in [0.15, 0.2) is 12.2 Å². The quantitative estimate of drug-likeness (QED) is 0.724. The molecule has 96 valence electrons. The minimum atomic E-state index is -1.16. The number of carboxylic acids is 2. The molecule has 0 fully saturated rings. The van der Waals surface area contributed by atoms with Crippen molar-refractivity contribution < 1.29 is 19.8 Å². The number of allylic oxidation sites excluding steroid dienone is 2. The normalized spacial score (nSPS) is 32.4. The summed E-state index contributed by atoms with van der Waals surface area (Å²) >= 11 is 0. The van der Waals surface area contributed by atoms with Crippen LogP contribution in [0.25, 0.3) is 0 Å². The first-order chi connectivity index (χ1) is 7.97. The van der Waals surface area contributed by atoms with E-state index < -0.39 is 22.8 Å². The van der Waals surface area contributed by atoms with Crippen LogP contribution >= 0.6 is 0 Å². The number of aliphatic carboxylic acids is 2. The third kappa shape index (κ3) is 1.85. The fourth-order valence-corrected chi connectivity index (χ4v) is 3.05. The van der Waals surface area contributed by atoms with Crippen molar-refractivity contribution in [3.63, 3.8) is 0 Å². The molecule has 0 saturated heterocycles. The van der Waals surface area contributed by atoms with Gasteiger partial charge in [-0.2, -0.15) is 0 Å². The molecule has 0 saturated carbocycles. The van der Waals surface area contributed by atoms with Crippen LogP contribution in [0.4, 0.5) is 0 Å². The first kappa shape index (κ1) is 13.7. The second kappa shape index (κ2) is 4.90. The smallest absolute Gasteiger partial charge is 0.311 e. The van der Waals surface area contributed by atoms with Crippen LogP contribution in [0.1, 0.15) is 46.0 Å². The van der Waals surface area contributed by atoms with E-state index in [0.29, 0.717) is 32.1 Å². The van der Waals surface area contributed by atoms with Crippen molar-refractivity contribution in [3.8, 4) is 0 Å². The van der Waals surface area contributed by atoms with E-state index >= 15 is 0 Å². The fraction of sp³-hybridized carbons (Fsp3) is 0.692. The van der Waals surface area contributed by atoms with Crippen molar-refractivity contribution in [1.82, 2.24) is 0 Å². The Morgan fingerprint density at radius 3 is 1.88 bits per heavy atom. The Bertz CT molecular complexity index is 347. The van der Waals surface area contributed by atoms with E-state index in [4.69, 9.17) is 0 Å². The van der Waals surface area contributed by atoms with Crippen LogP contribution in [-0.2, 0) is 9.59 Å². The molecule has 0 aromatic carbocycles. The lowest BCUT2D eigenvalue weighted by Crippen LogP contribution is -2.53. The Morgan fingerprint density at radius 2 is 1.53 bits per heavy atom. The molecule has 0 aromatic rings. The highest BCUT2D eigenvalue weighted by molar-refractivity contribution is 5.87. The highest BCUT2D eigenvalue weighted by Crippen LogP contribution is 2.53. The van der Waals surface area contributed by atoms with Crippen molar-refractivity contribution in [2.75, 3.05) is 0 Å². The summed E-state index contributed by atoms with van der Waals surface area (Å²) in [5.74, 6) is -1.96. The van der Waals surface area contributed by atoms with Crippen LogP contribution in [0.5, 0.6) is 0 Å². The molecule has 0 aliphatic heterocycles. The second-order valence-electron chi connectivity index (χ2n) is 4.76. The Kier molecular flexibility index (Phi) is 3.96. The first-order valence-electron chi connectivity index (χ1n) is 6.08. The highest BCUT2D eigenvalue weighted by Gasteiger charge is 2.59. The molecule has 2 N–H and O–H groups in total. The van der Waals surface area contributed by atoms with E-state index in [9.17, 15) is 19.8 Å². The molecule has 0 heterocycles. The van der Waals surface area contributed by atoms with Crippen molar-refractivity contribution in [1.29, 1.82) is 0 Å². The van der Waals surface area contributed by atoms with Gasteiger partial charge in [0.25, 0.3) is 0 Å². The van der Waals surface area contributed by atoms with Crippen LogP contribution in [-0.4, -0.2) is 22.2 Å². The second-order valence-corrected chi connectivity index (χ2v) is 4.76. The van der Waals surface area contributed by atoms with Crippen LogP contribution < -0.4 is 0 Å². The van der Waals surface area contributed by atoms with Gasteiger partial charge in [-0.15, -0.1) is 0 Å². The predicted molar refractivity (Wildman–Crippen MR) is 63.7 cm³/mol. The van der Waals surface area contributed by atoms with Gasteiger partial charge in [-0.3, -0.25) is 9.59 Å². The molecule has 1 aliphatic rings. The van der Waals surface area contributed by atoms with Gasteiger partial charge in [-0.05, 0) is 25.7 Å². The van der Waals surface area contributed by atoms with Crippen LogP contribution in [0.3, 0.4) is 0 Å². The molecule has 4 nitrogen and oxygen atoms in total. The molecule has 17 heavy (non-hydrogen) atoms. The van der Waals surface area contributed by atoms with Crippen molar-refractivity contribution >= 4 is 11.9 Å². The zero-order valence-electron chi connectivity index (χ0n) is 10.4. The van der Waals surface area contributed by atoms with Crippen LogP contribution in [0.2, 0.25) is 0 Å². The molecule has 4 heteroatoms. The molecule has 0 bridgehead atoms. The Labute approximate surface area is 101 Å². The summed E-state index contributed by atoms with van der Waals surface area (Å²) in [7, 11) is 0. The van der Waals surface area contributed by atoms with Gasteiger partial charge in [0.05, 0.1) is 10.8 Å². The molecular weight excluding hydrogens is 220 g/mol. The topological polar surface area (TPSA) is 74.6 Å². The maximum absolute atomic E-state index is 11.6. The molecule has 2 atom stereocenters. The number of rotatable bonds is 5. The van der Waals surface area contributed by atoms with Gasteiger partial charge in [0.15, 0.2) is 0 Å². The summed E-state index contributed by atoms with van der Waals surface area (Å²) in [5.41, 5.74) is -2.32. The van der Waals surface area contributed by atoms with E-state index in [1.54, 1.807) is 19.1 Å². The maximum atomic E-state index is 11.6. The molecular formula is C13H20O4. The third-order valence-corrected chi connectivity index (χ3v) is 4.11. The van der Waals surface area contributed by atoms with Gasteiger partial charge in [0.1, 0.15) is 0 Å².